The molecule has 0 bridgehead atoms. The van der Waals surface area contributed by atoms with Crippen molar-refractivity contribution in [3.8, 4) is 5.88 Å². The summed E-state index contributed by atoms with van der Waals surface area (Å²) in [6.07, 6.45) is -0.580. The molecule has 2 fully saturated rings. The van der Waals surface area contributed by atoms with Gasteiger partial charge in [-0.15, -0.1) is 0 Å². The molecule has 2 saturated heterocycles. The third kappa shape index (κ3) is 7.45. The predicted octanol–water partition coefficient (Wildman–Crippen LogP) is 2.37. The summed E-state index contributed by atoms with van der Waals surface area (Å²) in [6.45, 7) is 9.20. The Labute approximate surface area is 256 Å². The maximum absolute atomic E-state index is 14.0. The van der Waals surface area contributed by atoms with Gasteiger partial charge in [0.1, 0.15) is 24.7 Å². The standard InChI is InChI=1S/C31H40FN5O7/c1-20-14-35(26(16-37(20)31(40)41)15-34-8-10-42-18-21(34)2)17-29(39)36-9-11-43-30-28(36)13-24(27(33-30)19-44-22(3)38)12-23-4-6-25(32)7-5-23/h4-7,13,20-21,26H,8-12,14-19H2,1-3H3,(H,40,41)/t20-,21-,26+/m1/s1. The number of piperazine rings is 1. The number of carbonyl (C=O) groups is 3. The van der Waals surface area contributed by atoms with Crippen molar-refractivity contribution in [2.75, 3.05) is 64.0 Å². The van der Waals surface area contributed by atoms with Crippen molar-refractivity contribution >= 4 is 23.7 Å². The van der Waals surface area contributed by atoms with Crippen molar-refractivity contribution in [2.45, 2.75) is 51.9 Å². The average molecular weight is 614 g/mol. The van der Waals surface area contributed by atoms with Crippen molar-refractivity contribution < 1.29 is 38.1 Å². The molecule has 0 saturated carbocycles. The Kier molecular flexibility index (Phi) is 9.97. The number of hydrogen-bond acceptors (Lipinski definition) is 9. The first-order chi connectivity index (χ1) is 21.1. The van der Waals surface area contributed by atoms with Crippen molar-refractivity contribution in [3.63, 3.8) is 0 Å². The van der Waals surface area contributed by atoms with E-state index in [2.05, 4.69) is 21.7 Å². The van der Waals surface area contributed by atoms with Gasteiger partial charge >= 0.3 is 12.1 Å². The minimum Gasteiger partial charge on any atom is -0.474 e. The molecule has 238 valence electrons. The lowest BCUT2D eigenvalue weighted by Crippen LogP contribution is -2.64. The van der Waals surface area contributed by atoms with Crippen molar-refractivity contribution in [1.82, 2.24) is 19.7 Å². The normalized spacial score (nSPS) is 22.7. The number of rotatable bonds is 8. The summed E-state index contributed by atoms with van der Waals surface area (Å²) in [6, 6.07) is 7.69. The molecule has 5 rings (SSSR count). The molecule has 0 spiro atoms. The first-order valence-corrected chi connectivity index (χ1v) is 15.0. The molecular formula is C31H40FN5O7. The van der Waals surface area contributed by atoms with E-state index in [-0.39, 0.29) is 55.5 Å². The van der Waals surface area contributed by atoms with Gasteiger partial charge in [-0.25, -0.2) is 14.2 Å². The van der Waals surface area contributed by atoms with Crippen LogP contribution in [0.1, 0.15) is 37.6 Å². The van der Waals surface area contributed by atoms with Crippen LogP contribution in [0.3, 0.4) is 0 Å². The fourth-order valence-electron chi connectivity index (χ4n) is 6.05. The number of morpholine rings is 1. The monoisotopic (exact) mass is 613 g/mol. The highest BCUT2D eigenvalue weighted by atomic mass is 19.1. The number of hydrogen-bond donors (Lipinski definition) is 1. The molecule has 0 aliphatic carbocycles. The van der Waals surface area contributed by atoms with Crippen LogP contribution >= 0.6 is 0 Å². The Morgan fingerprint density at radius 3 is 2.55 bits per heavy atom. The lowest BCUT2D eigenvalue weighted by molar-refractivity contribution is -0.142. The van der Waals surface area contributed by atoms with Gasteiger partial charge in [0.2, 0.25) is 11.8 Å². The third-order valence-electron chi connectivity index (χ3n) is 8.49. The fraction of sp³-hybridized carbons (Fsp3) is 0.548. The average Bonchev–Trinajstić information content (AvgIpc) is 2.99. The van der Waals surface area contributed by atoms with Gasteiger partial charge in [-0.05, 0) is 49.6 Å². The number of anilines is 1. The summed E-state index contributed by atoms with van der Waals surface area (Å²) >= 11 is 0. The molecule has 1 aromatic heterocycles. The molecule has 2 aromatic rings. The molecule has 12 nitrogen and oxygen atoms in total. The van der Waals surface area contributed by atoms with Gasteiger partial charge in [0, 0.05) is 51.2 Å². The number of halogens is 1. The van der Waals surface area contributed by atoms with Crippen LogP contribution in [0.4, 0.5) is 14.9 Å². The fourth-order valence-corrected chi connectivity index (χ4v) is 6.05. The smallest absolute Gasteiger partial charge is 0.407 e. The molecule has 13 heteroatoms. The van der Waals surface area contributed by atoms with Crippen LogP contribution in [0.15, 0.2) is 30.3 Å². The van der Waals surface area contributed by atoms with Gasteiger partial charge in [0.05, 0.1) is 32.0 Å². The van der Waals surface area contributed by atoms with Gasteiger partial charge in [-0.1, -0.05) is 12.1 Å². The molecule has 44 heavy (non-hydrogen) atoms. The summed E-state index contributed by atoms with van der Waals surface area (Å²) in [4.78, 5) is 49.7. The highest BCUT2D eigenvalue weighted by molar-refractivity contribution is 5.96. The van der Waals surface area contributed by atoms with Crippen LogP contribution in [-0.2, 0) is 32.1 Å². The minimum atomic E-state index is -0.963. The molecule has 1 aromatic carbocycles. The van der Waals surface area contributed by atoms with Gasteiger partial charge in [-0.2, -0.15) is 0 Å². The largest absolute Gasteiger partial charge is 0.474 e. The van der Waals surface area contributed by atoms with Crippen molar-refractivity contribution in [2.24, 2.45) is 0 Å². The first kappa shape index (κ1) is 31.6. The zero-order valence-electron chi connectivity index (χ0n) is 25.4. The molecule has 0 radical (unpaired) electrons. The Morgan fingerprint density at radius 1 is 1.07 bits per heavy atom. The second-order valence-corrected chi connectivity index (χ2v) is 11.7. The summed E-state index contributed by atoms with van der Waals surface area (Å²) in [5, 5.41) is 9.83. The Morgan fingerprint density at radius 2 is 1.84 bits per heavy atom. The number of carbonyl (C=O) groups excluding carboxylic acids is 2. The van der Waals surface area contributed by atoms with Gasteiger partial charge in [-0.3, -0.25) is 19.4 Å². The zero-order chi connectivity index (χ0) is 31.4. The van der Waals surface area contributed by atoms with E-state index in [9.17, 15) is 23.9 Å². The highest BCUT2D eigenvalue weighted by Gasteiger charge is 2.38. The van der Waals surface area contributed by atoms with E-state index in [4.69, 9.17) is 14.2 Å². The number of nitrogens with zero attached hydrogens (tertiary/aromatic N) is 5. The van der Waals surface area contributed by atoms with Crippen LogP contribution < -0.4 is 9.64 Å². The van der Waals surface area contributed by atoms with E-state index in [1.807, 2.05) is 13.0 Å². The lowest BCUT2D eigenvalue weighted by atomic mass is 10.0. The third-order valence-corrected chi connectivity index (χ3v) is 8.49. The first-order valence-electron chi connectivity index (χ1n) is 15.0. The summed E-state index contributed by atoms with van der Waals surface area (Å²) in [5.74, 6) is -0.666. The van der Waals surface area contributed by atoms with Gasteiger partial charge in [0.25, 0.3) is 0 Å². The van der Waals surface area contributed by atoms with Crippen LogP contribution in [0.5, 0.6) is 5.88 Å². The van der Waals surface area contributed by atoms with E-state index >= 15 is 0 Å². The topological polar surface area (TPSA) is 125 Å². The Bertz CT molecular complexity index is 1360. The number of carboxylic acid groups (broad SMARTS) is 1. The SMILES string of the molecule is CC(=O)OCc1nc2c(cc1Cc1ccc(F)cc1)N(C(=O)CN1C[C@@H](C)N(C(=O)O)C[C@@H]1CN1CCOC[C@H]1C)CCO2. The van der Waals surface area contributed by atoms with Crippen LogP contribution in [0, 0.1) is 5.82 Å². The maximum atomic E-state index is 14.0. The molecule has 3 aliphatic heterocycles. The van der Waals surface area contributed by atoms with Crippen LogP contribution in [0.25, 0.3) is 0 Å². The molecule has 3 atom stereocenters. The number of fused-ring (bicyclic) bond motifs is 1. The van der Waals surface area contributed by atoms with Crippen molar-refractivity contribution in [3.05, 3.63) is 53.0 Å². The number of amides is 2. The lowest BCUT2D eigenvalue weighted by Gasteiger charge is -2.47. The Balaban J connectivity index is 1.39. The van der Waals surface area contributed by atoms with E-state index < -0.39 is 12.1 Å². The number of ether oxygens (including phenoxy) is 3. The molecule has 4 heterocycles. The molecule has 3 aliphatic rings. The number of aromatic nitrogens is 1. The second kappa shape index (κ2) is 13.9. The van der Waals surface area contributed by atoms with Gasteiger partial charge < -0.3 is 29.1 Å². The van der Waals surface area contributed by atoms with E-state index in [1.54, 1.807) is 17.0 Å². The molecule has 0 unspecified atom stereocenters. The predicted molar refractivity (Wildman–Crippen MR) is 158 cm³/mol. The molecule has 2 amide bonds. The van der Waals surface area contributed by atoms with E-state index in [0.717, 1.165) is 17.7 Å². The van der Waals surface area contributed by atoms with E-state index in [0.29, 0.717) is 57.2 Å². The maximum Gasteiger partial charge on any atom is 0.407 e. The van der Waals surface area contributed by atoms with Crippen molar-refractivity contribution in [1.29, 1.82) is 0 Å². The van der Waals surface area contributed by atoms with Crippen LogP contribution in [-0.4, -0.2) is 120 Å². The van der Waals surface area contributed by atoms with Crippen LogP contribution in [0.2, 0.25) is 0 Å². The zero-order valence-corrected chi connectivity index (χ0v) is 25.4. The second-order valence-electron chi connectivity index (χ2n) is 11.7. The van der Waals surface area contributed by atoms with Gasteiger partial charge in [0.15, 0.2) is 0 Å². The summed E-state index contributed by atoms with van der Waals surface area (Å²) < 4.78 is 30.3. The number of esters is 1. The quantitative estimate of drug-likeness (QED) is 0.444. The summed E-state index contributed by atoms with van der Waals surface area (Å²) in [7, 11) is 0. The molecular weight excluding hydrogens is 573 g/mol. The number of pyridine rings is 1. The van der Waals surface area contributed by atoms with E-state index in [1.165, 1.54) is 24.0 Å². The Hall–Kier alpha value is -3.81. The molecule has 1 N–H and O–H groups in total. The summed E-state index contributed by atoms with van der Waals surface area (Å²) in [5.41, 5.74) is 2.57. The highest BCUT2D eigenvalue weighted by Crippen LogP contribution is 2.34. The minimum absolute atomic E-state index is 0.0656. The number of benzene rings is 1.